The van der Waals surface area contributed by atoms with Crippen molar-refractivity contribution in [3.8, 4) is 6.07 Å². The highest BCUT2D eigenvalue weighted by Crippen LogP contribution is 2.34. The summed E-state index contributed by atoms with van der Waals surface area (Å²) in [4.78, 5) is 6.52. The molecule has 0 unspecified atom stereocenters. The van der Waals surface area contributed by atoms with Gasteiger partial charge in [-0.15, -0.1) is 0 Å². The van der Waals surface area contributed by atoms with E-state index in [2.05, 4.69) is 20.7 Å². The van der Waals surface area contributed by atoms with Crippen molar-refractivity contribution < 1.29 is 8.42 Å². The molecule has 0 fully saturated rings. The van der Waals surface area contributed by atoms with Crippen LogP contribution in [0.15, 0.2) is 85.2 Å². The summed E-state index contributed by atoms with van der Waals surface area (Å²) in [5, 5.41) is 9.59. The summed E-state index contributed by atoms with van der Waals surface area (Å²) < 4.78 is 26.3. The Hall–Kier alpha value is -3.89. The summed E-state index contributed by atoms with van der Waals surface area (Å²) in [6.45, 7) is 0.563. The van der Waals surface area contributed by atoms with Crippen LogP contribution in [0.5, 0.6) is 0 Å². The van der Waals surface area contributed by atoms with E-state index in [0.717, 1.165) is 28.7 Å². The van der Waals surface area contributed by atoms with E-state index in [-0.39, 0.29) is 0 Å². The molecule has 1 N–H and O–H groups in total. The molecular weight excluding hydrogens is 408 g/mol. The Labute approximate surface area is 181 Å². The topological polar surface area (TPSA) is 86.1 Å². The number of benzene rings is 2. The van der Waals surface area contributed by atoms with Crippen molar-refractivity contribution in [2.24, 2.45) is 0 Å². The molecule has 3 aromatic rings. The maximum absolute atomic E-state index is 11.9. The number of pyridine rings is 1. The van der Waals surface area contributed by atoms with Gasteiger partial charge in [0.1, 0.15) is 0 Å². The van der Waals surface area contributed by atoms with Gasteiger partial charge in [0, 0.05) is 30.2 Å². The molecule has 4 rings (SSSR count). The number of aromatic nitrogens is 1. The summed E-state index contributed by atoms with van der Waals surface area (Å²) in [5.41, 5.74) is 4.99. The highest BCUT2D eigenvalue weighted by Gasteiger charge is 2.20. The molecule has 0 radical (unpaired) electrons. The second kappa shape index (κ2) is 8.46. The molecule has 0 atom stereocenters. The molecule has 154 valence electrons. The van der Waals surface area contributed by atoms with E-state index in [4.69, 9.17) is 0 Å². The standard InChI is InChI=1S/C24H20N4O2S/c1-31(29,30)27-23-12-7-13-26-24(23)20-14-19(22-11-6-5-8-18(22)15-25)16-28(17-20)21-9-3-2-4-10-21/h2-14,17,27H,16H2,1H3. The van der Waals surface area contributed by atoms with Crippen LogP contribution in [0.25, 0.3) is 11.1 Å². The van der Waals surface area contributed by atoms with Crippen LogP contribution in [-0.4, -0.2) is 26.2 Å². The van der Waals surface area contributed by atoms with Gasteiger partial charge in [-0.2, -0.15) is 5.26 Å². The van der Waals surface area contributed by atoms with E-state index in [1.807, 2.05) is 60.8 Å². The van der Waals surface area contributed by atoms with E-state index in [0.29, 0.717) is 23.5 Å². The first kappa shape index (κ1) is 20.4. The van der Waals surface area contributed by atoms with Crippen molar-refractivity contribution in [3.05, 3.63) is 102 Å². The van der Waals surface area contributed by atoms with Crippen LogP contribution in [0.2, 0.25) is 0 Å². The summed E-state index contributed by atoms with van der Waals surface area (Å²) in [6.07, 6.45) is 6.65. The molecule has 0 spiro atoms. The molecule has 0 bridgehead atoms. The lowest BCUT2D eigenvalue weighted by atomic mass is 9.94. The predicted octanol–water partition coefficient (Wildman–Crippen LogP) is 4.27. The van der Waals surface area contributed by atoms with Gasteiger partial charge in [-0.05, 0) is 47.5 Å². The summed E-state index contributed by atoms with van der Waals surface area (Å²) in [7, 11) is -3.47. The van der Waals surface area contributed by atoms with E-state index in [9.17, 15) is 13.7 Å². The van der Waals surface area contributed by atoms with Crippen molar-refractivity contribution in [2.45, 2.75) is 0 Å². The van der Waals surface area contributed by atoms with Gasteiger partial charge in [0.15, 0.2) is 0 Å². The molecule has 0 saturated carbocycles. The first-order chi connectivity index (χ1) is 14.9. The van der Waals surface area contributed by atoms with Gasteiger partial charge >= 0.3 is 0 Å². The lowest BCUT2D eigenvalue weighted by Crippen LogP contribution is -2.23. The lowest BCUT2D eigenvalue weighted by Gasteiger charge is -2.28. The lowest BCUT2D eigenvalue weighted by molar-refractivity contribution is 0.607. The molecule has 0 saturated heterocycles. The molecule has 0 amide bonds. The Kier molecular flexibility index (Phi) is 5.56. The van der Waals surface area contributed by atoms with Gasteiger partial charge in [0.05, 0.1) is 29.3 Å². The Bertz CT molecular complexity index is 1320. The Morgan fingerprint density at radius 3 is 2.52 bits per heavy atom. The molecule has 2 aromatic carbocycles. The molecule has 0 aliphatic carbocycles. The van der Waals surface area contributed by atoms with E-state index in [1.165, 1.54) is 0 Å². The van der Waals surface area contributed by atoms with Crippen molar-refractivity contribution >= 4 is 32.5 Å². The predicted molar refractivity (Wildman–Crippen MR) is 124 cm³/mol. The van der Waals surface area contributed by atoms with Crippen molar-refractivity contribution in [1.29, 1.82) is 5.26 Å². The average molecular weight is 429 g/mol. The molecule has 1 aliphatic rings. The first-order valence-corrected chi connectivity index (χ1v) is 11.5. The third kappa shape index (κ3) is 4.65. The van der Waals surface area contributed by atoms with Gasteiger partial charge in [-0.3, -0.25) is 9.71 Å². The minimum atomic E-state index is -3.47. The maximum atomic E-state index is 11.9. The second-order valence-corrected chi connectivity index (χ2v) is 8.90. The van der Waals surface area contributed by atoms with Crippen molar-refractivity contribution in [1.82, 2.24) is 4.98 Å². The fourth-order valence-electron chi connectivity index (χ4n) is 3.52. The molecule has 6 nitrogen and oxygen atoms in total. The third-order valence-corrected chi connectivity index (χ3v) is 5.41. The largest absolute Gasteiger partial charge is 0.343 e. The normalized spacial score (nSPS) is 13.7. The number of anilines is 2. The molecule has 1 aromatic heterocycles. The van der Waals surface area contributed by atoms with Gasteiger partial charge in [0.25, 0.3) is 0 Å². The number of para-hydroxylation sites is 1. The third-order valence-electron chi connectivity index (χ3n) is 4.82. The minimum absolute atomic E-state index is 0.398. The van der Waals surface area contributed by atoms with Gasteiger partial charge in [0.2, 0.25) is 10.0 Å². The quantitative estimate of drug-likeness (QED) is 0.656. The maximum Gasteiger partial charge on any atom is 0.229 e. The van der Waals surface area contributed by atoms with E-state index in [1.54, 1.807) is 24.4 Å². The summed E-state index contributed by atoms with van der Waals surface area (Å²) in [6, 6.07) is 23.0. The van der Waals surface area contributed by atoms with E-state index >= 15 is 0 Å². The first-order valence-electron chi connectivity index (χ1n) is 9.61. The zero-order chi connectivity index (χ0) is 21.8. The zero-order valence-electron chi connectivity index (χ0n) is 16.9. The highest BCUT2D eigenvalue weighted by molar-refractivity contribution is 7.92. The monoisotopic (exact) mass is 428 g/mol. The fraction of sp³-hybridized carbons (Fsp3) is 0.0833. The number of sulfonamides is 1. The molecule has 7 heteroatoms. The number of hydrogen-bond acceptors (Lipinski definition) is 5. The number of nitrogens with one attached hydrogen (secondary N) is 1. The second-order valence-electron chi connectivity index (χ2n) is 7.15. The minimum Gasteiger partial charge on any atom is -0.343 e. The Morgan fingerprint density at radius 2 is 1.77 bits per heavy atom. The van der Waals surface area contributed by atoms with Crippen molar-refractivity contribution in [3.63, 3.8) is 0 Å². The number of nitrogens with zero attached hydrogens (tertiary/aromatic N) is 3. The molecule has 2 heterocycles. The smallest absolute Gasteiger partial charge is 0.229 e. The number of hydrogen-bond donors (Lipinski definition) is 1. The van der Waals surface area contributed by atoms with E-state index < -0.39 is 10.0 Å². The number of allylic oxidation sites excluding steroid dienone is 2. The molecular formula is C24H20N4O2S. The SMILES string of the molecule is CS(=O)(=O)Nc1cccnc1C1=CN(c2ccccc2)CC(c2ccccc2C#N)=C1. The van der Waals surface area contributed by atoms with Crippen LogP contribution in [0.3, 0.4) is 0 Å². The number of rotatable bonds is 5. The van der Waals surface area contributed by atoms with Gasteiger partial charge in [-0.1, -0.05) is 36.4 Å². The van der Waals surface area contributed by atoms with Crippen LogP contribution in [0.1, 0.15) is 16.8 Å². The molecule has 1 aliphatic heterocycles. The van der Waals surface area contributed by atoms with Crippen LogP contribution in [-0.2, 0) is 10.0 Å². The average Bonchev–Trinajstić information content (AvgIpc) is 2.78. The Morgan fingerprint density at radius 1 is 1.03 bits per heavy atom. The van der Waals surface area contributed by atoms with Gasteiger partial charge < -0.3 is 4.90 Å². The molecule has 31 heavy (non-hydrogen) atoms. The van der Waals surface area contributed by atoms with Crippen LogP contribution in [0.4, 0.5) is 11.4 Å². The fourth-order valence-corrected chi connectivity index (χ4v) is 4.09. The zero-order valence-corrected chi connectivity index (χ0v) is 17.7. The highest BCUT2D eigenvalue weighted by atomic mass is 32.2. The van der Waals surface area contributed by atoms with Crippen molar-refractivity contribution in [2.75, 3.05) is 22.4 Å². The summed E-state index contributed by atoms with van der Waals surface area (Å²) in [5.74, 6) is 0. The van der Waals surface area contributed by atoms with Crippen LogP contribution >= 0.6 is 0 Å². The summed E-state index contributed by atoms with van der Waals surface area (Å²) >= 11 is 0. The Balaban J connectivity index is 1.87. The van der Waals surface area contributed by atoms with Gasteiger partial charge in [-0.25, -0.2) is 8.42 Å². The van der Waals surface area contributed by atoms with Crippen LogP contribution < -0.4 is 9.62 Å². The number of nitriles is 1. The van der Waals surface area contributed by atoms with Crippen LogP contribution in [0, 0.1) is 11.3 Å².